The fourth-order valence-corrected chi connectivity index (χ4v) is 2.33. The summed E-state index contributed by atoms with van der Waals surface area (Å²) in [6.45, 7) is 3.63. The Labute approximate surface area is 156 Å². The van der Waals surface area contributed by atoms with Crippen molar-refractivity contribution in [2.75, 3.05) is 5.32 Å². The molecular formula is C19H20N4O4. The van der Waals surface area contributed by atoms with Crippen molar-refractivity contribution in [2.24, 2.45) is 5.10 Å². The standard InChI is InChI=1S/C19H20N4O4/c1-3-14-8-10-15(11-9-14)20-18(24)12-13(2)21-22-19(25)16-6-4-5-7-17(16)23(26)27/h4-11H,3,12H2,1-2H3,(H,20,24)(H,22,25)/b21-13+. The van der Waals surface area contributed by atoms with Gasteiger partial charge >= 0.3 is 0 Å². The van der Waals surface area contributed by atoms with Crippen molar-refractivity contribution in [1.29, 1.82) is 0 Å². The number of para-hydroxylation sites is 1. The maximum absolute atomic E-state index is 12.1. The Balaban J connectivity index is 1.94. The van der Waals surface area contributed by atoms with Crippen molar-refractivity contribution >= 4 is 28.9 Å². The summed E-state index contributed by atoms with van der Waals surface area (Å²) in [5.41, 5.74) is 4.05. The normalized spacial score (nSPS) is 11.0. The molecule has 8 heteroatoms. The first-order valence-electron chi connectivity index (χ1n) is 8.36. The van der Waals surface area contributed by atoms with Gasteiger partial charge in [0.1, 0.15) is 5.56 Å². The molecule has 0 unspecified atom stereocenters. The van der Waals surface area contributed by atoms with Gasteiger partial charge in [-0.2, -0.15) is 5.10 Å². The molecule has 0 heterocycles. The molecule has 0 aliphatic carbocycles. The number of rotatable bonds is 7. The van der Waals surface area contributed by atoms with Gasteiger partial charge in [-0.25, -0.2) is 5.43 Å². The average Bonchev–Trinajstić information content (AvgIpc) is 2.66. The molecule has 2 N–H and O–H groups in total. The topological polar surface area (TPSA) is 114 Å². The van der Waals surface area contributed by atoms with Gasteiger partial charge in [-0.05, 0) is 37.1 Å². The number of hydrazone groups is 1. The van der Waals surface area contributed by atoms with Crippen LogP contribution in [0.15, 0.2) is 53.6 Å². The minimum atomic E-state index is -0.711. The van der Waals surface area contributed by atoms with Gasteiger partial charge < -0.3 is 5.32 Å². The van der Waals surface area contributed by atoms with Gasteiger partial charge in [0, 0.05) is 17.5 Å². The highest BCUT2D eigenvalue weighted by Gasteiger charge is 2.18. The van der Waals surface area contributed by atoms with E-state index in [0.29, 0.717) is 11.4 Å². The molecule has 0 fully saturated rings. The molecule has 0 aliphatic rings. The molecule has 2 rings (SSSR count). The molecule has 0 aromatic heterocycles. The van der Waals surface area contributed by atoms with Gasteiger partial charge in [0.2, 0.25) is 5.91 Å². The number of carbonyl (C=O) groups excluding carboxylic acids is 2. The minimum Gasteiger partial charge on any atom is -0.326 e. The predicted octanol–water partition coefficient (Wildman–Crippen LogP) is 3.29. The second-order valence-electron chi connectivity index (χ2n) is 5.84. The van der Waals surface area contributed by atoms with E-state index in [1.165, 1.54) is 29.8 Å². The molecule has 2 aromatic carbocycles. The fourth-order valence-electron chi connectivity index (χ4n) is 2.33. The molecule has 0 radical (unpaired) electrons. The zero-order valence-corrected chi connectivity index (χ0v) is 15.1. The third kappa shape index (κ3) is 5.74. The largest absolute Gasteiger partial charge is 0.326 e. The summed E-state index contributed by atoms with van der Waals surface area (Å²) in [6.07, 6.45) is 0.895. The summed E-state index contributed by atoms with van der Waals surface area (Å²) in [4.78, 5) is 34.5. The number of hydrogen-bond acceptors (Lipinski definition) is 5. The van der Waals surface area contributed by atoms with E-state index >= 15 is 0 Å². The van der Waals surface area contributed by atoms with Crippen LogP contribution in [0.5, 0.6) is 0 Å². The van der Waals surface area contributed by atoms with Crippen LogP contribution in [-0.4, -0.2) is 22.4 Å². The maximum Gasteiger partial charge on any atom is 0.282 e. The zero-order valence-electron chi connectivity index (χ0n) is 15.1. The first kappa shape index (κ1) is 19.8. The SMILES string of the molecule is CCc1ccc(NC(=O)C/C(C)=N/NC(=O)c2ccccc2[N+](=O)[O-])cc1. The molecule has 0 saturated heterocycles. The number of anilines is 1. The molecule has 140 valence electrons. The van der Waals surface area contributed by atoms with E-state index in [0.717, 1.165) is 6.42 Å². The lowest BCUT2D eigenvalue weighted by molar-refractivity contribution is -0.385. The van der Waals surface area contributed by atoms with Crippen molar-refractivity contribution < 1.29 is 14.5 Å². The van der Waals surface area contributed by atoms with Crippen LogP contribution < -0.4 is 10.7 Å². The smallest absolute Gasteiger partial charge is 0.282 e. The number of nitro groups is 1. The third-order valence-corrected chi connectivity index (χ3v) is 3.76. The van der Waals surface area contributed by atoms with Crippen molar-refractivity contribution in [2.45, 2.75) is 26.7 Å². The number of hydrogen-bond donors (Lipinski definition) is 2. The van der Waals surface area contributed by atoms with Crippen LogP contribution >= 0.6 is 0 Å². The molecule has 0 spiro atoms. The lowest BCUT2D eigenvalue weighted by Crippen LogP contribution is -2.22. The summed E-state index contributed by atoms with van der Waals surface area (Å²) in [5, 5.41) is 17.5. The second-order valence-corrected chi connectivity index (χ2v) is 5.84. The number of nitrogens with zero attached hydrogens (tertiary/aromatic N) is 2. The monoisotopic (exact) mass is 368 g/mol. The van der Waals surface area contributed by atoms with Crippen LogP contribution in [0.2, 0.25) is 0 Å². The maximum atomic E-state index is 12.1. The number of aryl methyl sites for hydroxylation is 1. The van der Waals surface area contributed by atoms with E-state index in [-0.39, 0.29) is 23.6 Å². The number of benzene rings is 2. The molecule has 8 nitrogen and oxygen atoms in total. The quantitative estimate of drug-likeness (QED) is 0.443. The second kappa shape index (κ2) is 9.23. The van der Waals surface area contributed by atoms with E-state index in [2.05, 4.69) is 15.8 Å². The van der Waals surface area contributed by atoms with Gasteiger partial charge in [0.15, 0.2) is 0 Å². The molecule has 2 aromatic rings. The molecule has 0 bridgehead atoms. The molecule has 27 heavy (non-hydrogen) atoms. The number of nitrogens with one attached hydrogen (secondary N) is 2. The summed E-state index contributed by atoms with van der Waals surface area (Å²) in [6, 6.07) is 13.1. The Kier molecular flexibility index (Phi) is 6.76. The third-order valence-electron chi connectivity index (χ3n) is 3.76. The summed E-state index contributed by atoms with van der Waals surface area (Å²) in [7, 11) is 0. The lowest BCUT2D eigenvalue weighted by Gasteiger charge is -2.06. The van der Waals surface area contributed by atoms with Gasteiger partial charge in [-0.3, -0.25) is 19.7 Å². The Morgan fingerprint density at radius 1 is 1.11 bits per heavy atom. The van der Waals surface area contributed by atoms with E-state index in [9.17, 15) is 19.7 Å². The highest BCUT2D eigenvalue weighted by atomic mass is 16.6. The van der Waals surface area contributed by atoms with Crippen LogP contribution in [0.4, 0.5) is 11.4 Å². The van der Waals surface area contributed by atoms with Gasteiger partial charge in [-0.1, -0.05) is 31.2 Å². The van der Waals surface area contributed by atoms with Crippen molar-refractivity contribution in [3.05, 3.63) is 69.8 Å². The summed E-state index contributed by atoms with van der Waals surface area (Å²) < 4.78 is 0. The lowest BCUT2D eigenvalue weighted by atomic mass is 10.1. The Morgan fingerprint density at radius 2 is 1.78 bits per heavy atom. The van der Waals surface area contributed by atoms with E-state index in [4.69, 9.17) is 0 Å². The van der Waals surface area contributed by atoms with Crippen LogP contribution in [-0.2, 0) is 11.2 Å². The van der Waals surface area contributed by atoms with Crippen LogP contribution in [0.25, 0.3) is 0 Å². The summed E-state index contributed by atoms with van der Waals surface area (Å²) in [5.74, 6) is -0.988. The van der Waals surface area contributed by atoms with Crippen LogP contribution in [0, 0.1) is 10.1 Å². The molecular weight excluding hydrogens is 348 g/mol. The van der Waals surface area contributed by atoms with E-state index < -0.39 is 10.8 Å². The number of carbonyl (C=O) groups is 2. The molecule has 0 aliphatic heterocycles. The molecule has 2 amide bonds. The predicted molar refractivity (Wildman–Crippen MR) is 103 cm³/mol. The minimum absolute atomic E-state index is 0.0211. The summed E-state index contributed by atoms with van der Waals surface area (Å²) >= 11 is 0. The van der Waals surface area contributed by atoms with Crippen LogP contribution in [0.3, 0.4) is 0 Å². The Morgan fingerprint density at radius 3 is 2.41 bits per heavy atom. The number of nitro benzene ring substituents is 1. The van der Waals surface area contributed by atoms with Gasteiger partial charge in [0.25, 0.3) is 11.6 Å². The fraction of sp³-hybridized carbons (Fsp3) is 0.211. The first-order chi connectivity index (χ1) is 12.9. The highest BCUT2D eigenvalue weighted by Crippen LogP contribution is 2.17. The zero-order chi connectivity index (χ0) is 19.8. The Hall–Kier alpha value is -3.55. The number of amides is 2. The van der Waals surface area contributed by atoms with Crippen molar-refractivity contribution in [3.8, 4) is 0 Å². The highest BCUT2D eigenvalue weighted by molar-refractivity contribution is 6.06. The van der Waals surface area contributed by atoms with Gasteiger partial charge in [0.05, 0.1) is 11.3 Å². The van der Waals surface area contributed by atoms with Crippen molar-refractivity contribution in [3.63, 3.8) is 0 Å². The molecule has 0 saturated carbocycles. The average molecular weight is 368 g/mol. The van der Waals surface area contributed by atoms with Crippen molar-refractivity contribution in [1.82, 2.24) is 5.43 Å². The van der Waals surface area contributed by atoms with E-state index in [1.54, 1.807) is 6.92 Å². The van der Waals surface area contributed by atoms with Crippen LogP contribution in [0.1, 0.15) is 36.2 Å². The van der Waals surface area contributed by atoms with Gasteiger partial charge in [-0.15, -0.1) is 0 Å². The molecule has 0 atom stereocenters. The van der Waals surface area contributed by atoms with E-state index in [1.807, 2.05) is 31.2 Å². The Bertz CT molecular complexity index is 876. The first-order valence-corrected chi connectivity index (χ1v) is 8.36.